The molecule has 1 aliphatic carbocycles. The second-order valence-electron chi connectivity index (χ2n) is 6.49. The van der Waals surface area contributed by atoms with E-state index >= 15 is 0 Å². The maximum atomic E-state index is 13.6. The van der Waals surface area contributed by atoms with Crippen molar-refractivity contribution in [2.45, 2.75) is 90.7 Å². The van der Waals surface area contributed by atoms with Crippen molar-refractivity contribution in [2.75, 3.05) is 0 Å². The van der Waals surface area contributed by atoms with Crippen LogP contribution >= 0.6 is 0 Å². The maximum absolute atomic E-state index is 13.6. The van der Waals surface area contributed by atoms with Gasteiger partial charge in [0.2, 0.25) is 0 Å². The SMILES string of the molecule is CC(C)C1(C(F)(F)F)CCCCCCCCCCC1. The highest BCUT2D eigenvalue weighted by Gasteiger charge is 2.55. The summed E-state index contributed by atoms with van der Waals surface area (Å²) in [6, 6.07) is 0. The Morgan fingerprint density at radius 3 is 1.26 bits per heavy atom. The van der Waals surface area contributed by atoms with Gasteiger partial charge in [-0.1, -0.05) is 71.6 Å². The molecule has 0 unspecified atom stereocenters. The summed E-state index contributed by atoms with van der Waals surface area (Å²) in [4.78, 5) is 0. The molecule has 1 fully saturated rings. The molecule has 0 saturated heterocycles. The molecule has 0 nitrogen and oxygen atoms in total. The highest BCUT2D eigenvalue weighted by molar-refractivity contribution is 4.89. The van der Waals surface area contributed by atoms with Crippen LogP contribution in [0.2, 0.25) is 0 Å². The van der Waals surface area contributed by atoms with E-state index in [-0.39, 0.29) is 5.92 Å². The molecular formula is C16H29F3. The second kappa shape index (κ2) is 7.54. The summed E-state index contributed by atoms with van der Waals surface area (Å²) < 4.78 is 40.7. The fourth-order valence-corrected chi connectivity index (χ4v) is 3.43. The second-order valence-corrected chi connectivity index (χ2v) is 6.49. The van der Waals surface area contributed by atoms with Crippen LogP contribution in [0.1, 0.15) is 84.5 Å². The van der Waals surface area contributed by atoms with Gasteiger partial charge < -0.3 is 0 Å². The lowest BCUT2D eigenvalue weighted by molar-refractivity contribution is -0.246. The van der Waals surface area contributed by atoms with Crippen molar-refractivity contribution in [3.8, 4) is 0 Å². The van der Waals surface area contributed by atoms with Crippen LogP contribution in [0.25, 0.3) is 0 Å². The van der Waals surface area contributed by atoms with E-state index in [4.69, 9.17) is 0 Å². The average Bonchev–Trinajstić information content (AvgIpc) is 2.27. The smallest absolute Gasteiger partial charge is 0.170 e. The van der Waals surface area contributed by atoms with Crippen LogP contribution in [0.5, 0.6) is 0 Å². The molecule has 0 aromatic rings. The van der Waals surface area contributed by atoms with Crippen molar-refractivity contribution in [1.82, 2.24) is 0 Å². The zero-order valence-electron chi connectivity index (χ0n) is 12.5. The predicted octanol–water partition coefficient (Wildman–Crippen LogP) is 6.50. The van der Waals surface area contributed by atoms with Gasteiger partial charge in [0.15, 0.2) is 0 Å². The standard InChI is InChI=1S/C16H29F3/c1-14(2)15(16(17,18)19)12-10-8-6-4-3-5-7-9-11-13-15/h14H,3-13H2,1-2H3. The topological polar surface area (TPSA) is 0 Å². The van der Waals surface area contributed by atoms with Crippen molar-refractivity contribution in [1.29, 1.82) is 0 Å². The molecule has 0 aliphatic heterocycles. The van der Waals surface area contributed by atoms with Crippen molar-refractivity contribution >= 4 is 0 Å². The van der Waals surface area contributed by atoms with Crippen LogP contribution in [-0.2, 0) is 0 Å². The van der Waals surface area contributed by atoms with E-state index in [1.165, 1.54) is 19.3 Å². The molecule has 1 rings (SSSR count). The molecule has 0 N–H and O–H groups in total. The molecule has 0 atom stereocenters. The molecule has 19 heavy (non-hydrogen) atoms. The third kappa shape index (κ3) is 4.68. The zero-order valence-corrected chi connectivity index (χ0v) is 12.5. The van der Waals surface area contributed by atoms with Crippen molar-refractivity contribution in [2.24, 2.45) is 11.3 Å². The summed E-state index contributed by atoms with van der Waals surface area (Å²) in [5.74, 6) is -0.310. The first-order valence-corrected chi connectivity index (χ1v) is 7.97. The first kappa shape index (κ1) is 16.8. The number of alkyl halides is 3. The van der Waals surface area contributed by atoms with Gasteiger partial charge in [-0.05, 0) is 18.8 Å². The van der Waals surface area contributed by atoms with Crippen LogP contribution in [-0.4, -0.2) is 6.18 Å². The highest BCUT2D eigenvalue weighted by atomic mass is 19.4. The summed E-state index contributed by atoms with van der Waals surface area (Å²) in [6.07, 6.45) is 5.85. The molecule has 0 heterocycles. The summed E-state index contributed by atoms with van der Waals surface area (Å²) in [6.45, 7) is 3.50. The van der Waals surface area contributed by atoms with Crippen molar-refractivity contribution in [3.05, 3.63) is 0 Å². The number of halogens is 3. The molecule has 0 aromatic carbocycles. The van der Waals surface area contributed by atoms with Crippen LogP contribution in [0, 0.1) is 11.3 Å². The lowest BCUT2D eigenvalue weighted by Gasteiger charge is -2.40. The van der Waals surface area contributed by atoms with E-state index in [9.17, 15) is 13.2 Å². The van der Waals surface area contributed by atoms with E-state index in [0.717, 1.165) is 38.5 Å². The van der Waals surface area contributed by atoms with Gasteiger partial charge in [0.1, 0.15) is 0 Å². The normalized spacial score (nSPS) is 23.7. The first-order chi connectivity index (χ1) is 8.90. The lowest BCUT2D eigenvalue weighted by atomic mass is 9.69. The van der Waals surface area contributed by atoms with Gasteiger partial charge in [-0.2, -0.15) is 13.2 Å². The van der Waals surface area contributed by atoms with Crippen LogP contribution in [0.3, 0.4) is 0 Å². The number of hydrogen-bond acceptors (Lipinski definition) is 0. The van der Waals surface area contributed by atoms with Crippen LogP contribution < -0.4 is 0 Å². The Hall–Kier alpha value is -0.210. The van der Waals surface area contributed by atoms with Gasteiger partial charge in [-0.15, -0.1) is 0 Å². The summed E-state index contributed by atoms with van der Waals surface area (Å²) >= 11 is 0. The summed E-state index contributed by atoms with van der Waals surface area (Å²) in [7, 11) is 0. The van der Waals surface area contributed by atoms with E-state index < -0.39 is 11.6 Å². The van der Waals surface area contributed by atoms with E-state index in [2.05, 4.69) is 0 Å². The minimum absolute atomic E-state index is 0.310. The van der Waals surface area contributed by atoms with Gasteiger partial charge in [0.05, 0.1) is 5.41 Å². The van der Waals surface area contributed by atoms with Crippen molar-refractivity contribution < 1.29 is 13.2 Å². The molecule has 1 aliphatic rings. The van der Waals surface area contributed by atoms with Crippen molar-refractivity contribution in [3.63, 3.8) is 0 Å². The Kier molecular flexibility index (Phi) is 6.68. The van der Waals surface area contributed by atoms with Gasteiger partial charge in [-0.25, -0.2) is 0 Å². The largest absolute Gasteiger partial charge is 0.394 e. The quantitative estimate of drug-likeness (QED) is 0.514. The third-order valence-corrected chi connectivity index (χ3v) is 4.92. The Bertz CT molecular complexity index is 231. The predicted molar refractivity (Wildman–Crippen MR) is 74.1 cm³/mol. The molecule has 3 heteroatoms. The molecule has 0 spiro atoms. The molecule has 114 valence electrons. The molecular weight excluding hydrogens is 249 g/mol. The molecule has 1 saturated carbocycles. The monoisotopic (exact) mass is 278 g/mol. The number of rotatable bonds is 1. The average molecular weight is 278 g/mol. The summed E-state index contributed by atoms with van der Waals surface area (Å²) in [5, 5.41) is 0. The molecule has 0 aromatic heterocycles. The Morgan fingerprint density at radius 1 is 0.684 bits per heavy atom. The highest BCUT2D eigenvalue weighted by Crippen LogP contribution is 2.51. The van der Waals surface area contributed by atoms with Crippen LogP contribution in [0.4, 0.5) is 13.2 Å². The van der Waals surface area contributed by atoms with Crippen LogP contribution in [0.15, 0.2) is 0 Å². The van der Waals surface area contributed by atoms with Gasteiger partial charge >= 0.3 is 6.18 Å². The third-order valence-electron chi connectivity index (χ3n) is 4.92. The first-order valence-electron chi connectivity index (χ1n) is 7.97. The minimum atomic E-state index is -4.05. The van der Waals surface area contributed by atoms with E-state index in [1.807, 2.05) is 0 Å². The number of hydrogen-bond donors (Lipinski definition) is 0. The molecule has 0 amide bonds. The zero-order chi connectivity index (χ0) is 14.4. The molecule has 0 radical (unpaired) electrons. The van der Waals surface area contributed by atoms with E-state index in [0.29, 0.717) is 12.8 Å². The van der Waals surface area contributed by atoms with E-state index in [1.54, 1.807) is 13.8 Å². The summed E-state index contributed by atoms with van der Waals surface area (Å²) in [5.41, 5.74) is -1.44. The maximum Gasteiger partial charge on any atom is 0.394 e. The fraction of sp³-hybridized carbons (Fsp3) is 1.00. The van der Waals surface area contributed by atoms with Gasteiger partial charge in [0, 0.05) is 0 Å². The lowest BCUT2D eigenvalue weighted by Crippen LogP contribution is -2.42. The molecule has 0 bridgehead atoms. The van der Waals surface area contributed by atoms with Gasteiger partial charge in [-0.3, -0.25) is 0 Å². The Balaban J connectivity index is 2.76. The van der Waals surface area contributed by atoms with Gasteiger partial charge in [0.25, 0.3) is 0 Å². The Morgan fingerprint density at radius 2 is 1.00 bits per heavy atom. The fourth-order valence-electron chi connectivity index (χ4n) is 3.43. The Labute approximate surface area is 116 Å². The minimum Gasteiger partial charge on any atom is -0.170 e.